The van der Waals surface area contributed by atoms with E-state index in [0.717, 1.165) is 36.5 Å². The molecule has 0 saturated carbocycles. The Balaban J connectivity index is 2.08. The minimum atomic E-state index is 0.0641. The molecule has 21 heavy (non-hydrogen) atoms. The van der Waals surface area contributed by atoms with Crippen molar-refractivity contribution in [2.45, 2.75) is 18.9 Å². The summed E-state index contributed by atoms with van der Waals surface area (Å²) in [5.74, 6) is 1.93. The van der Waals surface area contributed by atoms with Gasteiger partial charge in [-0.15, -0.1) is 0 Å². The van der Waals surface area contributed by atoms with Gasteiger partial charge in [-0.3, -0.25) is 0 Å². The standard InChI is InChI=1S/C18H21NO2/c1-19-17(14-9-3-4-11-16(14)20-2)15-10-5-7-13-8-6-12-21-18(13)15/h3-5,7,9-11,17,19H,6,8,12H2,1-2H3. The van der Waals surface area contributed by atoms with Crippen LogP contribution in [0.1, 0.15) is 29.2 Å². The first-order valence-corrected chi connectivity index (χ1v) is 7.40. The number of hydrogen-bond acceptors (Lipinski definition) is 3. The van der Waals surface area contributed by atoms with Crippen LogP contribution in [0.5, 0.6) is 11.5 Å². The van der Waals surface area contributed by atoms with Crippen molar-refractivity contribution in [2.75, 3.05) is 20.8 Å². The van der Waals surface area contributed by atoms with E-state index >= 15 is 0 Å². The lowest BCUT2D eigenvalue weighted by Gasteiger charge is -2.26. The third-order valence-corrected chi connectivity index (χ3v) is 4.01. The quantitative estimate of drug-likeness (QED) is 0.933. The number of aryl methyl sites for hydroxylation is 1. The Morgan fingerprint density at radius 3 is 2.71 bits per heavy atom. The first-order valence-electron chi connectivity index (χ1n) is 7.40. The molecule has 1 heterocycles. The van der Waals surface area contributed by atoms with Crippen LogP contribution in [0.25, 0.3) is 0 Å². The maximum Gasteiger partial charge on any atom is 0.127 e. The van der Waals surface area contributed by atoms with E-state index in [9.17, 15) is 0 Å². The summed E-state index contributed by atoms with van der Waals surface area (Å²) >= 11 is 0. The summed E-state index contributed by atoms with van der Waals surface area (Å²) in [4.78, 5) is 0. The van der Waals surface area contributed by atoms with E-state index in [1.54, 1.807) is 7.11 Å². The molecule has 0 fully saturated rings. The summed E-state index contributed by atoms with van der Waals surface area (Å²) < 4.78 is 11.5. The molecule has 3 heteroatoms. The average molecular weight is 283 g/mol. The fourth-order valence-corrected chi connectivity index (χ4v) is 3.03. The van der Waals surface area contributed by atoms with Crippen LogP contribution in [-0.4, -0.2) is 20.8 Å². The van der Waals surface area contributed by atoms with E-state index < -0.39 is 0 Å². The summed E-state index contributed by atoms with van der Waals surface area (Å²) in [6.45, 7) is 0.798. The summed E-state index contributed by atoms with van der Waals surface area (Å²) in [6.07, 6.45) is 2.18. The van der Waals surface area contributed by atoms with Crippen LogP contribution in [-0.2, 0) is 6.42 Å². The van der Waals surface area contributed by atoms with E-state index in [1.165, 1.54) is 11.1 Å². The molecule has 3 rings (SSSR count). The van der Waals surface area contributed by atoms with Gasteiger partial charge in [0.15, 0.2) is 0 Å². The number of para-hydroxylation sites is 2. The molecule has 110 valence electrons. The summed E-state index contributed by atoms with van der Waals surface area (Å²) in [5, 5.41) is 3.40. The molecule has 1 aliphatic rings. The molecule has 2 aromatic carbocycles. The molecule has 0 bridgehead atoms. The molecular weight excluding hydrogens is 262 g/mol. The van der Waals surface area contributed by atoms with Gasteiger partial charge in [-0.25, -0.2) is 0 Å². The largest absolute Gasteiger partial charge is 0.496 e. The fourth-order valence-electron chi connectivity index (χ4n) is 3.03. The Morgan fingerprint density at radius 2 is 1.90 bits per heavy atom. The molecule has 1 aliphatic heterocycles. The van der Waals surface area contributed by atoms with Gasteiger partial charge < -0.3 is 14.8 Å². The van der Waals surface area contributed by atoms with Gasteiger partial charge in [0.25, 0.3) is 0 Å². The second-order valence-electron chi connectivity index (χ2n) is 5.25. The molecule has 1 unspecified atom stereocenters. The molecule has 3 nitrogen and oxygen atoms in total. The predicted molar refractivity (Wildman–Crippen MR) is 84.2 cm³/mol. The van der Waals surface area contributed by atoms with Crippen LogP contribution in [0, 0.1) is 0 Å². The topological polar surface area (TPSA) is 30.5 Å². The molecule has 1 N–H and O–H groups in total. The molecule has 2 aromatic rings. The van der Waals surface area contributed by atoms with Gasteiger partial charge in [-0.2, -0.15) is 0 Å². The lowest BCUT2D eigenvalue weighted by molar-refractivity contribution is 0.283. The first-order chi connectivity index (χ1) is 10.3. The zero-order valence-corrected chi connectivity index (χ0v) is 12.6. The van der Waals surface area contributed by atoms with Gasteiger partial charge in [-0.05, 0) is 31.5 Å². The Kier molecular flexibility index (Phi) is 4.11. The van der Waals surface area contributed by atoms with Crippen LogP contribution in [0.15, 0.2) is 42.5 Å². The highest BCUT2D eigenvalue weighted by molar-refractivity contribution is 5.50. The van der Waals surface area contributed by atoms with E-state index in [1.807, 2.05) is 25.2 Å². The number of methoxy groups -OCH3 is 1. The predicted octanol–water partition coefficient (Wildman–Crippen LogP) is 3.33. The molecule has 0 aromatic heterocycles. The van der Waals surface area contributed by atoms with Crippen molar-refractivity contribution in [3.05, 3.63) is 59.2 Å². The Morgan fingerprint density at radius 1 is 1.10 bits per heavy atom. The van der Waals surface area contributed by atoms with Crippen LogP contribution in [0.2, 0.25) is 0 Å². The van der Waals surface area contributed by atoms with Gasteiger partial charge in [0.1, 0.15) is 11.5 Å². The van der Waals surface area contributed by atoms with Crippen molar-refractivity contribution in [3.8, 4) is 11.5 Å². The van der Waals surface area contributed by atoms with Gasteiger partial charge in [-0.1, -0.05) is 36.4 Å². The molecule has 0 saturated heterocycles. The molecule has 0 spiro atoms. The normalized spacial score (nSPS) is 15.0. The average Bonchev–Trinajstić information content (AvgIpc) is 2.56. The van der Waals surface area contributed by atoms with Crippen LogP contribution >= 0.6 is 0 Å². The van der Waals surface area contributed by atoms with Crippen LogP contribution in [0.3, 0.4) is 0 Å². The second kappa shape index (κ2) is 6.19. The summed E-state index contributed by atoms with van der Waals surface area (Å²) in [6, 6.07) is 14.6. The lowest BCUT2D eigenvalue weighted by Crippen LogP contribution is -2.21. The van der Waals surface area contributed by atoms with E-state index in [-0.39, 0.29) is 6.04 Å². The molecular formula is C18H21NO2. The maximum absolute atomic E-state index is 5.95. The highest BCUT2D eigenvalue weighted by Crippen LogP contribution is 2.38. The Bertz CT molecular complexity index is 624. The summed E-state index contributed by atoms with van der Waals surface area (Å²) in [7, 11) is 3.68. The maximum atomic E-state index is 5.95. The highest BCUT2D eigenvalue weighted by Gasteiger charge is 2.23. The second-order valence-corrected chi connectivity index (χ2v) is 5.25. The Hall–Kier alpha value is -2.00. The van der Waals surface area contributed by atoms with E-state index in [2.05, 4.69) is 29.6 Å². The highest BCUT2D eigenvalue weighted by atomic mass is 16.5. The fraction of sp³-hybridized carbons (Fsp3) is 0.333. The lowest BCUT2D eigenvalue weighted by atomic mass is 9.93. The van der Waals surface area contributed by atoms with E-state index in [4.69, 9.17) is 9.47 Å². The number of hydrogen-bond donors (Lipinski definition) is 1. The van der Waals surface area contributed by atoms with Crippen LogP contribution < -0.4 is 14.8 Å². The number of benzene rings is 2. The van der Waals surface area contributed by atoms with Crippen molar-refractivity contribution in [1.82, 2.24) is 5.32 Å². The van der Waals surface area contributed by atoms with Gasteiger partial charge in [0.2, 0.25) is 0 Å². The molecule has 0 amide bonds. The number of ether oxygens (including phenoxy) is 2. The van der Waals surface area contributed by atoms with Gasteiger partial charge in [0.05, 0.1) is 19.8 Å². The summed E-state index contributed by atoms with van der Waals surface area (Å²) in [5.41, 5.74) is 3.61. The van der Waals surface area contributed by atoms with Crippen LogP contribution in [0.4, 0.5) is 0 Å². The molecule has 1 atom stereocenters. The number of rotatable bonds is 4. The van der Waals surface area contributed by atoms with Crippen molar-refractivity contribution in [3.63, 3.8) is 0 Å². The third kappa shape index (κ3) is 2.61. The van der Waals surface area contributed by atoms with E-state index in [0.29, 0.717) is 0 Å². The third-order valence-electron chi connectivity index (χ3n) is 4.01. The SMILES string of the molecule is CNC(c1ccccc1OC)c1cccc2c1OCCC2. The van der Waals surface area contributed by atoms with Crippen molar-refractivity contribution in [2.24, 2.45) is 0 Å². The Labute approximate surface area is 125 Å². The van der Waals surface area contributed by atoms with Gasteiger partial charge in [0, 0.05) is 11.1 Å². The monoisotopic (exact) mass is 283 g/mol. The van der Waals surface area contributed by atoms with Crippen molar-refractivity contribution < 1.29 is 9.47 Å². The first kappa shape index (κ1) is 14.0. The van der Waals surface area contributed by atoms with Crippen molar-refractivity contribution >= 4 is 0 Å². The van der Waals surface area contributed by atoms with Crippen molar-refractivity contribution in [1.29, 1.82) is 0 Å². The smallest absolute Gasteiger partial charge is 0.127 e. The number of nitrogens with one attached hydrogen (secondary N) is 1. The zero-order valence-electron chi connectivity index (χ0n) is 12.6. The minimum absolute atomic E-state index is 0.0641. The van der Waals surface area contributed by atoms with Gasteiger partial charge >= 0.3 is 0 Å². The molecule has 0 radical (unpaired) electrons. The molecule has 0 aliphatic carbocycles. The zero-order chi connectivity index (χ0) is 14.7. The number of fused-ring (bicyclic) bond motifs is 1. The minimum Gasteiger partial charge on any atom is -0.496 e.